The van der Waals surface area contributed by atoms with E-state index in [0.717, 1.165) is 23.4 Å². The molecule has 0 bridgehead atoms. The van der Waals surface area contributed by atoms with Crippen LogP contribution in [0.3, 0.4) is 0 Å². The van der Waals surface area contributed by atoms with Crippen molar-refractivity contribution in [3.8, 4) is 0 Å². The van der Waals surface area contributed by atoms with E-state index in [2.05, 4.69) is 39.3 Å². The Kier molecular flexibility index (Phi) is 4.28. The maximum atomic E-state index is 13.6. The smallest absolute Gasteiger partial charge is 0.139 e. The summed E-state index contributed by atoms with van der Waals surface area (Å²) in [5.41, 5.74) is 1.65. The van der Waals surface area contributed by atoms with Crippen LogP contribution in [0.15, 0.2) is 16.6 Å². The summed E-state index contributed by atoms with van der Waals surface area (Å²) < 4.78 is 16.2. The van der Waals surface area contributed by atoms with Crippen LogP contribution in [0.4, 0.5) is 4.39 Å². The summed E-state index contributed by atoms with van der Waals surface area (Å²) in [6, 6.07) is 3.26. The SMILES string of the molecule is CC(C)Cn1c(CCCl)nc2cc(Br)c(F)cc21. The molecule has 1 heterocycles. The lowest BCUT2D eigenvalue weighted by molar-refractivity contribution is 0.518. The maximum Gasteiger partial charge on any atom is 0.139 e. The van der Waals surface area contributed by atoms with Crippen molar-refractivity contribution < 1.29 is 4.39 Å². The zero-order chi connectivity index (χ0) is 13.3. The van der Waals surface area contributed by atoms with Crippen molar-refractivity contribution in [1.29, 1.82) is 0 Å². The highest BCUT2D eigenvalue weighted by atomic mass is 79.9. The molecule has 0 N–H and O–H groups in total. The first kappa shape index (κ1) is 13.8. The second-order valence-electron chi connectivity index (χ2n) is 4.73. The first-order chi connectivity index (χ1) is 8.52. The Morgan fingerprint density at radius 3 is 2.78 bits per heavy atom. The van der Waals surface area contributed by atoms with Gasteiger partial charge in [0.05, 0.1) is 15.5 Å². The van der Waals surface area contributed by atoms with E-state index in [-0.39, 0.29) is 5.82 Å². The molecular weight excluding hydrogens is 319 g/mol. The molecule has 0 saturated heterocycles. The summed E-state index contributed by atoms with van der Waals surface area (Å²) in [5, 5.41) is 0. The van der Waals surface area contributed by atoms with E-state index in [9.17, 15) is 4.39 Å². The first-order valence-corrected chi connectivity index (χ1v) is 7.25. The molecule has 2 nitrogen and oxygen atoms in total. The second kappa shape index (κ2) is 5.57. The Bertz CT molecular complexity index is 566. The Balaban J connectivity index is 2.60. The summed E-state index contributed by atoms with van der Waals surface area (Å²) in [5.74, 6) is 1.66. The van der Waals surface area contributed by atoms with E-state index in [1.165, 1.54) is 6.07 Å². The molecule has 0 aliphatic rings. The zero-order valence-corrected chi connectivity index (χ0v) is 12.7. The fraction of sp³-hybridized carbons (Fsp3) is 0.462. The van der Waals surface area contributed by atoms with Gasteiger partial charge in [0.2, 0.25) is 0 Å². The van der Waals surface area contributed by atoms with Gasteiger partial charge in [-0.05, 0) is 27.9 Å². The first-order valence-electron chi connectivity index (χ1n) is 5.93. The quantitative estimate of drug-likeness (QED) is 0.759. The monoisotopic (exact) mass is 332 g/mol. The van der Waals surface area contributed by atoms with Gasteiger partial charge in [0, 0.05) is 24.9 Å². The topological polar surface area (TPSA) is 17.8 Å². The molecule has 98 valence electrons. The molecule has 2 aromatic rings. The van der Waals surface area contributed by atoms with Crippen molar-refractivity contribution in [2.45, 2.75) is 26.8 Å². The zero-order valence-electron chi connectivity index (χ0n) is 10.4. The lowest BCUT2D eigenvalue weighted by atomic mass is 10.2. The molecule has 0 radical (unpaired) electrons. The van der Waals surface area contributed by atoms with Crippen molar-refractivity contribution in [2.75, 3.05) is 5.88 Å². The molecule has 0 aliphatic heterocycles. The van der Waals surface area contributed by atoms with Gasteiger partial charge in [-0.2, -0.15) is 0 Å². The fourth-order valence-electron chi connectivity index (χ4n) is 2.01. The van der Waals surface area contributed by atoms with Crippen LogP contribution in [0.2, 0.25) is 0 Å². The maximum absolute atomic E-state index is 13.6. The van der Waals surface area contributed by atoms with Gasteiger partial charge in [-0.25, -0.2) is 9.37 Å². The largest absolute Gasteiger partial charge is 0.328 e. The highest BCUT2D eigenvalue weighted by Crippen LogP contribution is 2.25. The molecule has 1 aromatic carbocycles. The number of halogens is 3. The molecule has 0 amide bonds. The van der Waals surface area contributed by atoms with Gasteiger partial charge in [0.1, 0.15) is 11.6 Å². The van der Waals surface area contributed by atoms with E-state index in [1.54, 1.807) is 6.07 Å². The average molecular weight is 334 g/mol. The molecular formula is C13H15BrClFN2. The molecule has 5 heteroatoms. The molecule has 2 rings (SSSR count). The second-order valence-corrected chi connectivity index (χ2v) is 5.96. The van der Waals surface area contributed by atoms with Crippen LogP contribution in [0.1, 0.15) is 19.7 Å². The normalized spacial score (nSPS) is 11.7. The van der Waals surface area contributed by atoms with Crippen LogP contribution in [0.5, 0.6) is 0 Å². The minimum atomic E-state index is -0.259. The fourth-order valence-corrected chi connectivity index (χ4v) is 2.51. The Hall–Kier alpha value is -0.610. The van der Waals surface area contributed by atoms with Crippen LogP contribution in [0.25, 0.3) is 11.0 Å². The molecule has 18 heavy (non-hydrogen) atoms. The number of hydrogen-bond donors (Lipinski definition) is 0. The Labute approximate surface area is 119 Å². The van der Waals surface area contributed by atoms with E-state index < -0.39 is 0 Å². The van der Waals surface area contributed by atoms with Gasteiger partial charge in [-0.15, -0.1) is 11.6 Å². The minimum absolute atomic E-state index is 0.259. The minimum Gasteiger partial charge on any atom is -0.328 e. The van der Waals surface area contributed by atoms with Gasteiger partial charge in [-0.1, -0.05) is 13.8 Å². The molecule has 0 fully saturated rings. The number of aryl methyl sites for hydroxylation is 1. The summed E-state index contributed by atoms with van der Waals surface area (Å²) >= 11 is 8.99. The van der Waals surface area contributed by atoms with Crippen LogP contribution < -0.4 is 0 Å². The van der Waals surface area contributed by atoms with E-state index >= 15 is 0 Å². The van der Waals surface area contributed by atoms with Gasteiger partial charge < -0.3 is 4.57 Å². The lowest BCUT2D eigenvalue weighted by Crippen LogP contribution is -2.09. The third-order valence-electron chi connectivity index (χ3n) is 2.74. The summed E-state index contributed by atoms with van der Waals surface area (Å²) in [7, 11) is 0. The molecule has 0 saturated carbocycles. The summed E-state index contributed by atoms with van der Waals surface area (Å²) in [4.78, 5) is 4.54. The number of imidazole rings is 1. The molecule has 0 aliphatic carbocycles. The predicted octanol–water partition coefficient (Wildman–Crippen LogP) is 4.38. The number of benzene rings is 1. The van der Waals surface area contributed by atoms with Crippen molar-refractivity contribution in [1.82, 2.24) is 9.55 Å². The lowest BCUT2D eigenvalue weighted by Gasteiger charge is -2.11. The van der Waals surface area contributed by atoms with Crippen molar-refractivity contribution in [3.05, 3.63) is 28.2 Å². The Morgan fingerprint density at radius 1 is 1.44 bits per heavy atom. The third kappa shape index (κ3) is 2.69. The van der Waals surface area contributed by atoms with Crippen molar-refractivity contribution in [3.63, 3.8) is 0 Å². The number of rotatable bonds is 4. The van der Waals surface area contributed by atoms with Gasteiger partial charge in [0.15, 0.2) is 0 Å². The van der Waals surface area contributed by atoms with E-state index in [4.69, 9.17) is 11.6 Å². The molecule has 0 spiro atoms. The average Bonchev–Trinajstić information content (AvgIpc) is 2.58. The summed E-state index contributed by atoms with van der Waals surface area (Å²) in [6.45, 7) is 5.08. The molecule has 0 atom stereocenters. The summed E-state index contributed by atoms with van der Waals surface area (Å²) in [6.07, 6.45) is 0.697. The van der Waals surface area contributed by atoms with E-state index in [0.29, 0.717) is 22.7 Å². The van der Waals surface area contributed by atoms with Crippen molar-refractivity contribution >= 4 is 38.6 Å². The number of fused-ring (bicyclic) bond motifs is 1. The third-order valence-corrected chi connectivity index (χ3v) is 3.53. The van der Waals surface area contributed by atoms with Gasteiger partial charge >= 0.3 is 0 Å². The van der Waals surface area contributed by atoms with Crippen LogP contribution in [-0.4, -0.2) is 15.4 Å². The van der Waals surface area contributed by atoms with Crippen LogP contribution in [0, 0.1) is 11.7 Å². The predicted molar refractivity (Wildman–Crippen MR) is 76.7 cm³/mol. The number of nitrogens with zero attached hydrogens (tertiary/aromatic N) is 2. The van der Waals surface area contributed by atoms with Crippen LogP contribution >= 0.6 is 27.5 Å². The van der Waals surface area contributed by atoms with Crippen LogP contribution in [-0.2, 0) is 13.0 Å². The highest BCUT2D eigenvalue weighted by molar-refractivity contribution is 9.10. The van der Waals surface area contributed by atoms with Crippen molar-refractivity contribution in [2.24, 2.45) is 5.92 Å². The number of aromatic nitrogens is 2. The molecule has 0 unspecified atom stereocenters. The highest BCUT2D eigenvalue weighted by Gasteiger charge is 2.13. The number of alkyl halides is 1. The van der Waals surface area contributed by atoms with Gasteiger partial charge in [-0.3, -0.25) is 0 Å². The molecule has 1 aromatic heterocycles. The standard InChI is InChI=1S/C13H15BrClFN2/c1-8(2)7-18-12-6-10(16)9(14)5-11(12)17-13(18)3-4-15/h5-6,8H,3-4,7H2,1-2H3. The number of hydrogen-bond acceptors (Lipinski definition) is 1. The Morgan fingerprint density at radius 2 is 2.17 bits per heavy atom. The van der Waals surface area contributed by atoms with E-state index in [1.807, 2.05) is 0 Å². The van der Waals surface area contributed by atoms with Gasteiger partial charge in [0.25, 0.3) is 0 Å².